The van der Waals surface area contributed by atoms with Crippen molar-refractivity contribution in [3.8, 4) is 11.5 Å². The molecule has 0 fully saturated rings. The van der Waals surface area contributed by atoms with Gasteiger partial charge in [-0.25, -0.2) is 0 Å². The number of benzene rings is 1. The lowest BCUT2D eigenvalue weighted by atomic mass is 9.88. The topological polar surface area (TPSA) is 47.6 Å². The van der Waals surface area contributed by atoms with Gasteiger partial charge in [0.25, 0.3) is 5.91 Å². The molecule has 4 nitrogen and oxygen atoms in total. The second-order valence-electron chi connectivity index (χ2n) is 6.21. The smallest absolute Gasteiger partial charge is 0.256 e. The van der Waals surface area contributed by atoms with Crippen molar-refractivity contribution in [3.63, 3.8) is 0 Å². The van der Waals surface area contributed by atoms with Crippen LogP contribution in [0.1, 0.15) is 34.1 Å². The normalized spacial score (nSPS) is 19.1. The molecule has 0 unspecified atom stereocenters. The van der Waals surface area contributed by atoms with Crippen molar-refractivity contribution in [3.05, 3.63) is 39.6 Å². The van der Waals surface area contributed by atoms with Crippen LogP contribution in [-0.4, -0.2) is 19.1 Å². The van der Waals surface area contributed by atoms with E-state index in [-0.39, 0.29) is 5.91 Å². The van der Waals surface area contributed by atoms with Crippen LogP contribution in [-0.2, 0) is 12.8 Å². The molecule has 1 N–H and O–H groups in total. The molecule has 1 aromatic heterocycles. The second-order valence-corrected chi connectivity index (χ2v) is 7.18. The minimum absolute atomic E-state index is 0.0336. The largest absolute Gasteiger partial charge is 0.486 e. The molecule has 1 atom stereocenters. The molecule has 5 heteroatoms. The molecule has 1 aliphatic carbocycles. The molecule has 0 saturated heterocycles. The zero-order valence-electron chi connectivity index (χ0n) is 13.1. The average Bonchev–Trinajstić information content (AvgIpc) is 2.97. The van der Waals surface area contributed by atoms with Crippen LogP contribution in [0, 0.1) is 5.92 Å². The Bertz CT molecular complexity index is 753. The molecule has 0 spiro atoms. The summed E-state index contributed by atoms with van der Waals surface area (Å²) in [5, 5.41) is 4.98. The van der Waals surface area contributed by atoms with E-state index in [1.165, 1.54) is 10.4 Å². The summed E-state index contributed by atoms with van der Waals surface area (Å²) in [5.41, 5.74) is 2.80. The Balaban J connectivity index is 1.54. The highest BCUT2D eigenvalue weighted by molar-refractivity contribution is 7.10. The Hall–Kier alpha value is -2.01. The number of carbonyl (C=O) groups excluding carboxylic acids is 1. The first-order valence-corrected chi connectivity index (χ1v) is 8.89. The molecule has 120 valence electrons. The number of carbonyl (C=O) groups is 1. The lowest BCUT2D eigenvalue weighted by Crippen LogP contribution is -2.18. The lowest BCUT2D eigenvalue weighted by molar-refractivity contribution is 0.102. The molecule has 1 aromatic carbocycles. The SMILES string of the molecule is C[C@H]1CCc2c(C(=O)Nc3ccc4c(c3)OCCO4)csc2C1. The summed E-state index contributed by atoms with van der Waals surface area (Å²) in [7, 11) is 0. The van der Waals surface area contributed by atoms with Crippen LogP contribution < -0.4 is 14.8 Å². The van der Waals surface area contributed by atoms with Gasteiger partial charge < -0.3 is 14.8 Å². The summed E-state index contributed by atoms with van der Waals surface area (Å²) in [6.45, 7) is 3.39. The average molecular weight is 329 g/mol. The van der Waals surface area contributed by atoms with Crippen molar-refractivity contribution in [1.82, 2.24) is 0 Å². The van der Waals surface area contributed by atoms with Gasteiger partial charge in [-0.05, 0) is 42.9 Å². The van der Waals surface area contributed by atoms with Gasteiger partial charge in [0.2, 0.25) is 0 Å². The van der Waals surface area contributed by atoms with Crippen molar-refractivity contribution in [2.75, 3.05) is 18.5 Å². The number of fused-ring (bicyclic) bond motifs is 2. The molecule has 23 heavy (non-hydrogen) atoms. The van der Waals surface area contributed by atoms with Gasteiger partial charge in [0, 0.05) is 22.0 Å². The maximum atomic E-state index is 12.6. The molecular formula is C18H19NO3S. The van der Waals surface area contributed by atoms with E-state index < -0.39 is 0 Å². The monoisotopic (exact) mass is 329 g/mol. The molecule has 0 radical (unpaired) electrons. The number of nitrogens with one attached hydrogen (secondary N) is 1. The number of hydrogen-bond acceptors (Lipinski definition) is 4. The maximum Gasteiger partial charge on any atom is 0.256 e. The molecular weight excluding hydrogens is 310 g/mol. The molecule has 0 bridgehead atoms. The summed E-state index contributed by atoms with van der Waals surface area (Å²) in [4.78, 5) is 14.0. The van der Waals surface area contributed by atoms with Gasteiger partial charge >= 0.3 is 0 Å². The van der Waals surface area contributed by atoms with Crippen LogP contribution in [0.5, 0.6) is 11.5 Å². The molecule has 2 aliphatic rings. The van der Waals surface area contributed by atoms with E-state index in [0.29, 0.717) is 19.0 Å². The lowest BCUT2D eigenvalue weighted by Gasteiger charge is -2.20. The van der Waals surface area contributed by atoms with E-state index in [1.807, 2.05) is 23.6 Å². The highest BCUT2D eigenvalue weighted by Gasteiger charge is 2.23. The Morgan fingerprint density at radius 1 is 1.26 bits per heavy atom. The zero-order chi connectivity index (χ0) is 15.8. The standard InChI is InChI=1S/C18H19NO3S/c1-11-2-4-13-14(10-23-17(13)8-11)18(20)19-12-3-5-15-16(9-12)22-7-6-21-15/h3,5,9-11H,2,4,6-8H2,1H3,(H,19,20)/t11-/m0/s1. The van der Waals surface area contributed by atoms with Crippen LogP contribution in [0.15, 0.2) is 23.6 Å². The number of thiophene rings is 1. The third-order valence-electron chi connectivity index (χ3n) is 4.45. The van der Waals surface area contributed by atoms with E-state index in [2.05, 4.69) is 12.2 Å². The summed E-state index contributed by atoms with van der Waals surface area (Å²) in [5.74, 6) is 2.11. The first kappa shape index (κ1) is 14.6. The predicted octanol–water partition coefficient (Wildman–Crippen LogP) is 3.90. The fourth-order valence-electron chi connectivity index (χ4n) is 3.19. The van der Waals surface area contributed by atoms with Crippen molar-refractivity contribution in [2.24, 2.45) is 5.92 Å². The number of ether oxygens (including phenoxy) is 2. The Morgan fingerprint density at radius 3 is 2.96 bits per heavy atom. The van der Waals surface area contributed by atoms with Crippen molar-refractivity contribution in [1.29, 1.82) is 0 Å². The summed E-state index contributed by atoms with van der Waals surface area (Å²) in [6.07, 6.45) is 3.26. The molecule has 4 rings (SSSR count). The minimum Gasteiger partial charge on any atom is -0.486 e. The third-order valence-corrected chi connectivity index (χ3v) is 5.50. The Labute approximate surface area is 139 Å². The van der Waals surface area contributed by atoms with E-state index >= 15 is 0 Å². The molecule has 0 saturated carbocycles. The van der Waals surface area contributed by atoms with Gasteiger partial charge in [0.1, 0.15) is 13.2 Å². The number of rotatable bonds is 2. The van der Waals surface area contributed by atoms with E-state index in [9.17, 15) is 4.79 Å². The zero-order valence-corrected chi connectivity index (χ0v) is 13.9. The molecule has 1 aliphatic heterocycles. The van der Waals surface area contributed by atoms with Crippen molar-refractivity contribution >= 4 is 22.9 Å². The Kier molecular flexibility index (Phi) is 3.73. The highest BCUT2D eigenvalue weighted by Crippen LogP contribution is 2.35. The van der Waals surface area contributed by atoms with Gasteiger partial charge in [0.15, 0.2) is 11.5 Å². The summed E-state index contributed by atoms with van der Waals surface area (Å²) >= 11 is 1.71. The fraction of sp³-hybridized carbons (Fsp3) is 0.389. The van der Waals surface area contributed by atoms with Gasteiger partial charge in [-0.2, -0.15) is 0 Å². The molecule has 2 aromatic rings. The first-order chi connectivity index (χ1) is 11.2. The Morgan fingerprint density at radius 2 is 2.09 bits per heavy atom. The number of hydrogen-bond donors (Lipinski definition) is 1. The number of anilines is 1. The van der Waals surface area contributed by atoms with Gasteiger partial charge in [-0.3, -0.25) is 4.79 Å². The van der Waals surface area contributed by atoms with E-state index in [4.69, 9.17) is 9.47 Å². The van der Waals surface area contributed by atoms with Crippen LogP contribution in [0.2, 0.25) is 0 Å². The van der Waals surface area contributed by atoms with Crippen LogP contribution >= 0.6 is 11.3 Å². The van der Waals surface area contributed by atoms with Crippen molar-refractivity contribution in [2.45, 2.75) is 26.2 Å². The van der Waals surface area contributed by atoms with Gasteiger partial charge in [0.05, 0.1) is 5.56 Å². The predicted molar refractivity (Wildman–Crippen MR) is 90.9 cm³/mol. The molecule has 2 heterocycles. The maximum absolute atomic E-state index is 12.6. The first-order valence-electron chi connectivity index (χ1n) is 8.01. The van der Waals surface area contributed by atoms with Gasteiger partial charge in [-0.1, -0.05) is 6.92 Å². The van der Waals surface area contributed by atoms with E-state index in [0.717, 1.165) is 42.2 Å². The van der Waals surface area contributed by atoms with Crippen LogP contribution in [0.4, 0.5) is 5.69 Å². The van der Waals surface area contributed by atoms with E-state index in [1.54, 1.807) is 11.3 Å². The minimum atomic E-state index is -0.0336. The molecule has 1 amide bonds. The van der Waals surface area contributed by atoms with Gasteiger partial charge in [-0.15, -0.1) is 11.3 Å². The summed E-state index contributed by atoms with van der Waals surface area (Å²) < 4.78 is 11.1. The van der Waals surface area contributed by atoms with Crippen LogP contribution in [0.3, 0.4) is 0 Å². The third kappa shape index (κ3) is 2.81. The second kappa shape index (κ2) is 5.89. The highest BCUT2D eigenvalue weighted by atomic mass is 32.1. The van der Waals surface area contributed by atoms with Crippen molar-refractivity contribution < 1.29 is 14.3 Å². The number of amides is 1. The fourth-order valence-corrected chi connectivity index (χ4v) is 4.43. The quantitative estimate of drug-likeness (QED) is 0.909. The summed E-state index contributed by atoms with van der Waals surface area (Å²) in [6, 6.07) is 5.52. The van der Waals surface area contributed by atoms with Crippen LogP contribution in [0.25, 0.3) is 0 Å².